The molecule has 0 spiro atoms. The summed E-state index contributed by atoms with van der Waals surface area (Å²) in [5.74, 6) is 0. The molecule has 20 heavy (non-hydrogen) atoms. The Hall–Kier alpha value is -1.20. The lowest BCUT2D eigenvalue weighted by molar-refractivity contribution is -0.138. The first-order valence-electron chi connectivity index (χ1n) is 5.72. The highest BCUT2D eigenvalue weighted by Crippen LogP contribution is 2.33. The molecule has 0 aliphatic carbocycles. The van der Waals surface area contributed by atoms with Crippen molar-refractivity contribution in [1.82, 2.24) is 0 Å². The summed E-state index contributed by atoms with van der Waals surface area (Å²) in [7, 11) is 0. The van der Waals surface area contributed by atoms with E-state index >= 15 is 0 Å². The zero-order chi connectivity index (χ0) is 14.8. The number of benzene rings is 2. The standard InChI is InChI=1S/C14H10BrClF3N/c15-12-6-5-10(16)7-13(12)20-8-9-3-1-2-4-11(9)14(17,18)19/h1-7,20H,8H2. The Balaban J connectivity index is 2.21. The minimum absolute atomic E-state index is 0.0641. The number of rotatable bonds is 3. The van der Waals surface area contributed by atoms with Gasteiger partial charge in [0, 0.05) is 16.0 Å². The molecule has 2 aromatic carbocycles. The van der Waals surface area contributed by atoms with Gasteiger partial charge in [0.25, 0.3) is 0 Å². The summed E-state index contributed by atoms with van der Waals surface area (Å²) < 4.78 is 39.3. The lowest BCUT2D eigenvalue weighted by Crippen LogP contribution is -2.11. The van der Waals surface area contributed by atoms with Crippen LogP contribution in [-0.4, -0.2) is 0 Å². The molecule has 0 aliphatic rings. The number of nitrogens with one attached hydrogen (secondary N) is 1. The molecule has 2 aromatic rings. The maximum absolute atomic E-state index is 12.9. The third-order valence-corrected chi connectivity index (χ3v) is 3.65. The van der Waals surface area contributed by atoms with Gasteiger partial charge >= 0.3 is 6.18 Å². The fourth-order valence-corrected chi connectivity index (χ4v) is 2.33. The normalized spacial score (nSPS) is 11.4. The molecule has 1 nitrogen and oxygen atoms in total. The summed E-state index contributed by atoms with van der Waals surface area (Å²) in [4.78, 5) is 0. The van der Waals surface area contributed by atoms with Gasteiger partial charge in [0.05, 0.1) is 11.3 Å². The fourth-order valence-electron chi connectivity index (χ4n) is 1.77. The van der Waals surface area contributed by atoms with Crippen molar-refractivity contribution in [3.8, 4) is 0 Å². The second-order valence-electron chi connectivity index (χ2n) is 4.13. The molecule has 0 amide bonds. The minimum Gasteiger partial charge on any atom is -0.380 e. The summed E-state index contributed by atoms with van der Waals surface area (Å²) in [5, 5.41) is 3.46. The number of hydrogen-bond acceptors (Lipinski definition) is 1. The lowest BCUT2D eigenvalue weighted by atomic mass is 10.1. The first-order chi connectivity index (χ1) is 9.38. The highest BCUT2D eigenvalue weighted by atomic mass is 79.9. The Morgan fingerprint density at radius 3 is 2.50 bits per heavy atom. The van der Waals surface area contributed by atoms with Crippen molar-refractivity contribution in [1.29, 1.82) is 0 Å². The summed E-state index contributed by atoms with van der Waals surface area (Å²) >= 11 is 9.18. The van der Waals surface area contributed by atoms with Crippen molar-refractivity contribution in [3.05, 3.63) is 63.1 Å². The van der Waals surface area contributed by atoms with Crippen LogP contribution in [-0.2, 0) is 12.7 Å². The van der Waals surface area contributed by atoms with Crippen LogP contribution in [0.1, 0.15) is 11.1 Å². The monoisotopic (exact) mass is 363 g/mol. The van der Waals surface area contributed by atoms with E-state index in [0.29, 0.717) is 10.7 Å². The molecule has 0 unspecified atom stereocenters. The first-order valence-corrected chi connectivity index (χ1v) is 6.89. The number of hydrogen-bond donors (Lipinski definition) is 1. The summed E-state index contributed by atoms with van der Waals surface area (Å²) in [6.07, 6.45) is -4.36. The maximum atomic E-state index is 12.9. The quantitative estimate of drug-likeness (QED) is 0.733. The fraction of sp³-hybridized carbons (Fsp3) is 0.143. The molecular formula is C14H10BrClF3N. The van der Waals surface area contributed by atoms with E-state index in [9.17, 15) is 13.2 Å². The Labute approximate surface area is 127 Å². The van der Waals surface area contributed by atoms with Gasteiger partial charge in [-0.3, -0.25) is 0 Å². The van der Waals surface area contributed by atoms with Crippen molar-refractivity contribution in [2.75, 3.05) is 5.32 Å². The Morgan fingerprint density at radius 1 is 1.10 bits per heavy atom. The topological polar surface area (TPSA) is 12.0 Å². The molecule has 0 bridgehead atoms. The van der Waals surface area contributed by atoms with Crippen molar-refractivity contribution < 1.29 is 13.2 Å². The largest absolute Gasteiger partial charge is 0.416 e. The smallest absolute Gasteiger partial charge is 0.380 e. The molecular weight excluding hydrogens is 355 g/mol. The zero-order valence-electron chi connectivity index (χ0n) is 10.1. The molecule has 6 heteroatoms. The van der Waals surface area contributed by atoms with Crippen LogP contribution < -0.4 is 5.32 Å². The van der Waals surface area contributed by atoms with Crippen molar-refractivity contribution in [3.63, 3.8) is 0 Å². The molecule has 0 radical (unpaired) electrons. The van der Waals surface area contributed by atoms with Crippen LogP contribution in [0.5, 0.6) is 0 Å². The molecule has 0 saturated heterocycles. The van der Waals surface area contributed by atoms with Crippen LogP contribution in [0.25, 0.3) is 0 Å². The van der Waals surface area contributed by atoms with Gasteiger partial charge in [-0.05, 0) is 45.8 Å². The highest BCUT2D eigenvalue weighted by molar-refractivity contribution is 9.10. The molecule has 0 saturated carbocycles. The predicted octanol–water partition coefficient (Wildman–Crippen LogP) is 5.73. The second-order valence-corrected chi connectivity index (χ2v) is 5.42. The van der Waals surface area contributed by atoms with Gasteiger partial charge < -0.3 is 5.32 Å². The SMILES string of the molecule is FC(F)(F)c1ccccc1CNc1cc(Cl)ccc1Br. The molecule has 0 aliphatic heterocycles. The van der Waals surface area contributed by atoms with Crippen molar-refractivity contribution in [2.45, 2.75) is 12.7 Å². The van der Waals surface area contributed by atoms with Gasteiger partial charge in [-0.25, -0.2) is 0 Å². The molecule has 0 aromatic heterocycles. The van der Waals surface area contributed by atoms with E-state index in [0.717, 1.165) is 10.5 Å². The maximum Gasteiger partial charge on any atom is 0.416 e. The van der Waals surface area contributed by atoms with Crippen LogP contribution in [0.3, 0.4) is 0 Å². The van der Waals surface area contributed by atoms with Crippen LogP contribution in [0.15, 0.2) is 46.9 Å². The van der Waals surface area contributed by atoms with Gasteiger partial charge in [0.2, 0.25) is 0 Å². The van der Waals surface area contributed by atoms with Crippen molar-refractivity contribution >= 4 is 33.2 Å². The average molecular weight is 365 g/mol. The Morgan fingerprint density at radius 2 is 1.80 bits per heavy atom. The van der Waals surface area contributed by atoms with E-state index in [-0.39, 0.29) is 12.1 Å². The minimum atomic E-state index is -4.36. The van der Waals surface area contributed by atoms with Gasteiger partial charge in [-0.15, -0.1) is 0 Å². The van der Waals surface area contributed by atoms with Crippen LogP contribution >= 0.6 is 27.5 Å². The molecule has 2 rings (SSSR count). The van der Waals surface area contributed by atoms with Gasteiger partial charge in [0.15, 0.2) is 0 Å². The van der Waals surface area contributed by atoms with E-state index in [1.807, 2.05) is 0 Å². The van der Waals surface area contributed by atoms with Crippen LogP contribution in [0.2, 0.25) is 5.02 Å². The Kier molecular flexibility index (Phi) is 4.60. The van der Waals surface area contributed by atoms with E-state index in [2.05, 4.69) is 21.2 Å². The third-order valence-electron chi connectivity index (χ3n) is 2.72. The predicted molar refractivity (Wildman–Crippen MR) is 77.9 cm³/mol. The van der Waals surface area contributed by atoms with Gasteiger partial charge in [-0.2, -0.15) is 13.2 Å². The summed E-state index contributed by atoms with van der Waals surface area (Å²) in [6.45, 7) is 0.0641. The molecule has 0 fully saturated rings. The van der Waals surface area contributed by atoms with Crippen LogP contribution in [0, 0.1) is 0 Å². The summed E-state index contributed by atoms with van der Waals surface area (Å²) in [5.41, 5.74) is 0.201. The van der Waals surface area contributed by atoms with E-state index in [4.69, 9.17) is 11.6 Å². The summed E-state index contributed by atoms with van der Waals surface area (Å²) in [6, 6.07) is 10.6. The highest BCUT2D eigenvalue weighted by Gasteiger charge is 2.32. The third kappa shape index (κ3) is 3.67. The molecule has 1 N–H and O–H groups in total. The van der Waals surface area contributed by atoms with E-state index in [1.165, 1.54) is 12.1 Å². The van der Waals surface area contributed by atoms with Crippen molar-refractivity contribution in [2.24, 2.45) is 0 Å². The molecule has 106 valence electrons. The van der Waals surface area contributed by atoms with E-state index < -0.39 is 11.7 Å². The first kappa shape index (κ1) is 15.2. The number of halogens is 5. The molecule has 0 heterocycles. The molecule has 0 atom stereocenters. The Bertz CT molecular complexity index is 614. The number of alkyl halides is 3. The van der Waals surface area contributed by atoms with Gasteiger partial charge in [0.1, 0.15) is 0 Å². The lowest BCUT2D eigenvalue weighted by Gasteiger charge is -2.14. The second kappa shape index (κ2) is 6.06. The zero-order valence-corrected chi connectivity index (χ0v) is 12.5. The average Bonchev–Trinajstić information content (AvgIpc) is 2.39. The van der Waals surface area contributed by atoms with E-state index in [1.54, 1.807) is 24.3 Å². The number of anilines is 1. The van der Waals surface area contributed by atoms with Gasteiger partial charge in [-0.1, -0.05) is 29.8 Å². The van der Waals surface area contributed by atoms with Crippen LogP contribution in [0.4, 0.5) is 18.9 Å².